The maximum atomic E-state index is 4.64. The molecule has 2 aromatic heterocycles. The van der Waals surface area contributed by atoms with Gasteiger partial charge in [0.05, 0.1) is 11.3 Å². The quantitative estimate of drug-likeness (QED) is 0.361. The number of hydrogen-bond donors (Lipinski definition) is 1. The van der Waals surface area contributed by atoms with Crippen LogP contribution in [0.4, 0.5) is 0 Å². The van der Waals surface area contributed by atoms with E-state index < -0.39 is 0 Å². The summed E-state index contributed by atoms with van der Waals surface area (Å²) in [7, 11) is 0. The molecule has 5 rings (SSSR count). The van der Waals surface area contributed by atoms with Gasteiger partial charge in [0.15, 0.2) is 0 Å². The first-order valence-corrected chi connectivity index (χ1v) is 7.39. The molecule has 0 bridgehead atoms. The molecule has 1 N–H and O–H groups in total. The second-order valence-corrected chi connectivity index (χ2v) is 5.14. The van der Waals surface area contributed by atoms with E-state index in [4.69, 9.17) is 0 Å². The fourth-order valence-corrected chi connectivity index (χ4v) is 2.51. The molecule has 0 aliphatic rings. The van der Waals surface area contributed by atoms with Gasteiger partial charge in [-0.15, -0.1) is 0 Å². The van der Waals surface area contributed by atoms with Crippen LogP contribution in [0.2, 0.25) is 0 Å². The van der Waals surface area contributed by atoms with Crippen LogP contribution in [0.3, 0.4) is 0 Å². The summed E-state index contributed by atoms with van der Waals surface area (Å²) in [4.78, 5) is 16.3. The number of benzene rings is 1. The molecule has 0 atom stereocenters. The zero-order chi connectivity index (χ0) is 15.5. The Morgan fingerprint density at radius 1 is 0.958 bits per heavy atom. The van der Waals surface area contributed by atoms with E-state index in [0.717, 1.165) is 33.3 Å². The second-order valence-electron chi connectivity index (χ2n) is 5.14. The molecular weight excluding hydrogens is 340 g/mol. The number of hydrogen-bond acceptors (Lipinski definition) is 3. The van der Waals surface area contributed by atoms with Crippen molar-refractivity contribution in [2.24, 2.45) is 0 Å². The van der Waals surface area contributed by atoms with E-state index in [2.05, 4.69) is 19.9 Å². The summed E-state index contributed by atoms with van der Waals surface area (Å²) < 4.78 is 0. The first kappa shape index (κ1) is 16.1. The monoisotopic (exact) mass is 354 g/mol. The molecule has 0 saturated carbocycles. The number of nitrogens with zero attached hydrogens (tertiary/aromatic N) is 3. The number of aromatic nitrogens is 4. The van der Waals surface area contributed by atoms with Gasteiger partial charge in [0.1, 0.15) is 17.4 Å². The van der Waals surface area contributed by atoms with Crippen LogP contribution < -0.4 is 0 Å². The Kier molecular flexibility index (Phi) is 4.85. The first-order chi connectivity index (χ1) is 11.4. The Hall–Kier alpha value is -2.75. The normalized spacial score (nSPS) is 10.2. The van der Waals surface area contributed by atoms with Gasteiger partial charge in [-0.3, -0.25) is 0 Å². The largest absolute Gasteiger partial charge is 2.00 e. The third-order valence-electron chi connectivity index (χ3n) is 3.62. The van der Waals surface area contributed by atoms with Gasteiger partial charge < -0.3 is 4.98 Å². The molecule has 118 valence electrons. The van der Waals surface area contributed by atoms with Crippen molar-refractivity contribution < 1.29 is 17.1 Å². The van der Waals surface area contributed by atoms with Crippen LogP contribution in [0.25, 0.3) is 33.3 Å². The van der Waals surface area contributed by atoms with Crippen LogP contribution in [0.1, 0.15) is 0 Å². The summed E-state index contributed by atoms with van der Waals surface area (Å²) in [6.45, 7) is 0. The molecule has 3 aromatic carbocycles. The van der Waals surface area contributed by atoms with E-state index in [9.17, 15) is 0 Å². The Labute approximate surface area is 149 Å². The summed E-state index contributed by atoms with van der Waals surface area (Å²) in [5.74, 6) is 0.876. The van der Waals surface area contributed by atoms with Gasteiger partial charge in [0.2, 0.25) is 0 Å². The number of aromatic amines is 1. The zero-order valence-electron chi connectivity index (χ0n) is 12.7. The molecule has 0 aliphatic carbocycles. The van der Waals surface area contributed by atoms with Crippen LogP contribution in [-0.2, 0) is 17.1 Å². The van der Waals surface area contributed by atoms with Gasteiger partial charge in [-0.05, 0) is 12.1 Å². The molecule has 2 heterocycles. The van der Waals surface area contributed by atoms with Gasteiger partial charge >= 0.3 is 17.1 Å². The maximum Gasteiger partial charge on any atom is 2.00 e. The van der Waals surface area contributed by atoms with Gasteiger partial charge in [-0.2, -0.15) is 30.3 Å². The molecule has 24 heavy (non-hydrogen) atoms. The fraction of sp³-hybridized carbons (Fsp3) is 0. The molecule has 0 unspecified atom stereocenters. The average molecular weight is 354 g/mol. The van der Waals surface area contributed by atoms with Crippen molar-refractivity contribution in [3.05, 3.63) is 79.3 Å². The van der Waals surface area contributed by atoms with E-state index in [0.29, 0.717) is 0 Å². The minimum Gasteiger partial charge on any atom is -0.348 e. The molecule has 5 heteroatoms. The summed E-state index contributed by atoms with van der Waals surface area (Å²) in [6, 6.07) is 22.1. The van der Waals surface area contributed by atoms with Crippen molar-refractivity contribution in [1.29, 1.82) is 0 Å². The predicted molar refractivity (Wildman–Crippen MR) is 92.3 cm³/mol. The van der Waals surface area contributed by atoms with Gasteiger partial charge in [-0.25, -0.2) is 39.2 Å². The number of nitrogens with one attached hydrogen (secondary N) is 1. The third kappa shape index (κ3) is 3.13. The number of imidazole rings is 1. The minimum absolute atomic E-state index is 0. The van der Waals surface area contributed by atoms with Crippen molar-refractivity contribution in [3.63, 3.8) is 0 Å². The molecule has 0 saturated heterocycles. The molecule has 0 aliphatic heterocycles. The third-order valence-corrected chi connectivity index (χ3v) is 3.62. The molecule has 0 radical (unpaired) electrons. The van der Waals surface area contributed by atoms with Crippen molar-refractivity contribution in [2.45, 2.75) is 0 Å². The van der Waals surface area contributed by atoms with E-state index >= 15 is 0 Å². The second kappa shape index (κ2) is 7.21. The SMILES string of the molecule is [Fe+2].c1cc[c-](-c2nc3c(ccc4cncnc43)[nH]2)c1.c1cc[cH-]c1. The molecule has 0 spiro atoms. The Bertz CT molecular complexity index is 997. The van der Waals surface area contributed by atoms with Crippen molar-refractivity contribution >= 4 is 21.9 Å². The van der Waals surface area contributed by atoms with Crippen LogP contribution in [0.5, 0.6) is 0 Å². The summed E-state index contributed by atoms with van der Waals surface area (Å²) >= 11 is 0. The Morgan fingerprint density at radius 3 is 2.46 bits per heavy atom. The van der Waals surface area contributed by atoms with Gasteiger partial charge in [0.25, 0.3) is 0 Å². The Morgan fingerprint density at radius 2 is 1.75 bits per heavy atom. The summed E-state index contributed by atoms with van der Waals surface area (Å²) in [5.41, 5.74) is 3.87. The van der Waals surface area contributed by atoms with Crippen LogP contribution in [-0.4, -0.2) is 19.9 Å². The topological polar surface area (TPSA) is 54.5 Å². The average Bonchev–Trinajstić information content (AvgIpc) is 3.37. The molecular formula is C19H14FeN4. The number of H-pyrrole nitrogens is 1. The molecule has 4 nitrogen and oxygen atoms in total. The zero-order valence-corrected chi connectivity index (χ0v) is 13.8. The van der Waals surface area contributed by atoms with E-state index in [-0.39, 0.29) is 17.1 Å². The van der Waals surface area contributed by atoms with Crippen molar-refractivity contribution in [2.75, 3.05) is 0 Å². The van der Waals surface area contributed by atoms with Gasteiger partial charge in [-0.1, -0.05) is 5.56 Å². The van der Waals surface area contributed by atoms with Crippen LogP contribution in [0, 0.1) is 0 Å². The summed E-state index contributed by atoms with van der Waals surface area (Å²) in [5, 5.41) is 1.01. The summed E-state index contributed by atoms with van der Waals surface area (Å²) in [6.07, 6.45) is 3.36. The van der Waals surface area contributed by atoms with Crippen molar-refractivity contribution in [3.8, 4) is 11.4 Å². The van der Waals surface area contributed by atoms with Gasteiger partial charge in [0, 0.05) is 11.6 Å². The molecule has 0 amide bonds. The van der Waals surface area contributed by atoms with E-state index in [1.165, 1.54) is 0 Å². The number of rotatable bonds is 1. The predicted octanol–water partition coefficient (Wildman–Crippen LogP) is 4.30. The fourth-order valence-electron chi connectivity index (χ4n) is 2.51. The van der Waals surface area contributed by atoms with E-state index in [1.54, 1.807) is 12.5 Å². The first-order valence-electron chi connectivity index (χ1n) is 7.39. The minimum atomic E-state index is 0. The van der Waals surface area contributed by atoms with Crippen LogP contribution >= 0.6 is 0 Å². The van der Waals surface area contributed by atoms with Crippen molar-refractivity contribution in [1.82, 2.24) is 19.9 Å². The Balaban J connectivity index is 0.000000245. The smallest absolute Gasteiger partial charge is 0.348 e. The van der Waals surface area contributed by atoms with E-state index in [1.807, 2.05) is 66.7 Å². The van der Waals surface area contributed by atoms with Crippen LogP contribution in [0.15, 0.2) is 79.3 Å². The standard InChI is InChI=1S/C14H9N4.C5H5.Fe/c1-2-4-9(3-1)14-17-11-6-5-10-7-15-8-16-12(10)13(11)18-14;1-2-4-5-3-1;/h1-8H,(H,17,18);1-5H;/q2*-1;+2. The maximum absolute atomic E-state index is 4.64. The molecule has 5 aromatic rings. The number of fused-ring (bicyclic) bond motifs is 3. The molecule has 0 fully saturated rings.